The number of fused-ring (bicyclic) bond motifs is 1. The highest BCUT2D eigenvalue weighted by Crippen LogP contribution is 2.48. The van der Waals surface area contributed by atoms with Crippen LogP contribution in [0.1, 0.15) is 80.3 Å². The van der Waals surface area contributed by atoms with Crippen molar-refractivity contribution in [1.29, 1.82) is 0 Å². The molecule has 0 radical (unpaired) electrons. The molecule has 0 bridgehead atoms. The lowest BCUT2D eigenvalue weighted by Crippen LogP contribution is -2.43. The van der Waals surface area contributed by atoms with Gasteiger partial charge in [0.25, 0.3) is 0 Å². The van der Waals surface area contributed by atoms with Crippen LogP contribution in [0.5, 0.6) is 11.5 Å². The normalized spacial score (nSPS) is 17.7. The van der Waals surface area contributed by atoms with Gasteiger partial charge in [-0.25, -0.2) is 4.39 Å². The zero-order chi connectivity index (χ0) is 27.2. The second-order valence-corrected chi connectivity index (χ2v) is 17.0. The van der Waals surface area contributed by atoms with Gasteiger partial charge in [0.05, 0.1) is 0 Å². The quantitative estimate of drug-likeness (QED) is 0.318. The second kappa shape index (κ2) is 9.92. The molecular weight excluding hydrogens is 479 g/mol. The summed E-state index contributed by atoms with van der Waals surface area (Å²) in [4.78, 5) is 0. The van der Waals surface area contributed by atoms with Gasteiger partial charge >= 0.3 is 0 Å². The van der Waals surface area contributed by atoms with Crippen LogP contribution < -0.4 is 9.16 Å². The van der Waals surface area contributed by atoms with Gasteiger partial charge < -0.3 is 14.3 Å². The lowest BCUT2D eigenvalue weighted by Gasteiger charge is -2.37. The van der Waals surface area contributed by atoms with Gasteiger partial charge in [-0.1, -0.05) is 65.0 Å². The van der Waals surface area contributed by atoms with Gasteiger partial charge in [0.15, 0.2) is 11.6 Å². The Hall–Kier alpha value is -2.63. The summed E-state index contributed by atoms with van der Waals surface area (Å²) in [5, 5.41) is 12.1. The lowest BCUT2D eigenvalue weighted by molar-refractivity contribution is 0.0817. The minimum Gasteiger partial charge on any atom is -0.543 e. The van der Waals surface area contributed by atoms with Crippen molar-refractivity contribution in [2.24, 2.45) is 0 Å². The topological polar surface area (TPSA) is 38.7 Å². The van der Waals surface area contributed by atoms with Crippen molar-refractivity contribution in [2.45, 2.75) is 90.6 Å². The van der Waals surface area contributed by atoms with E-state index in [0.717, 1.165) is 33.6 Å². The average molecular weight is 521 g/mol. The molecule has 0 fully saturated rings. The van der Waals surface area contributed by atoms with Crippen LogP contribution in [0, 0.1) is 12.7 Å². The van der Waals surface area contributed by atoms with Crippen molar-refractivity contribution >= 4 is 8.32 Å². The number of ether oxygens (including phenoxy) is 1. The van der Waals surface area contributed by atoms with E-state index < -0.39 is 19.7 Å². The minimum absolute atomic E-state index is 0.0335. The molecule has 1 unspecified atom stereocenters. The summed E-state index contributed by atoms with van der Waals surface area (Å²) in [5.74, 6) is 0.728. The molecular formula is C32H41FO3Si. The fourth-order valence-corrected chi connectivity index (χ4v) is 6.03. The monoisotopic (exact) mass is 520 g/mol. The van der Waals surface area contributed by atoms with Crippen LogP contribution in [0.3, 0.4) is 0 Å². The van der Waals surface area contributed by atoms with E-state index in [4.69, 9.17) is 9.16 Å². The Balaban J connectivity index is 1.70. The van der Waals surface area contributed by atoms with Gasteiger partial charge in [-0.3, -0.25) is 0 Å². The van der Waals surface area contributed by atoms with Crippen molar-refractivity contribution in [1.82, 2.24) is 0 Å². The molecule has 3 aromatic rings. The first-order chi connectivity index (χ1) is 17.2. The van der Waals surface area contributed by atoms with Crippen LogP contribution in [-0.4, -0.2) is 13.4 Å². The molecule has 3 aromatic carbocycles. The predicted molar refractivity (Wildman–Crippen MR) is 152 cm³/mol. The standard InChI is InChI=1S/C32H41FO3Si/c1-21(2)27-18-25(19-28(33)30(27)35-20-23-12-10-9-11-13-23)32(34)15-14-24-17-26(16-22(3)29(24)32)36-37(7,8)31(4,5)6/h9-13,16-19,21,34H,14-15,20H2,1-8H3. The molecule has 0 aromatic heterocycles. The Morgan fingerprint density at radius 3 is 2.35 bits per heavy atom. The Morgan fingerprint density at radius 1 is 1.05 bits per heavy atom. The largest absolute Gasteiger partial charge is 0.543 e. The van der Waals surface area contributed by atoms with Crippen LogP contribution in [0.25, 0.3) is 0 Å². The minimum atomic E-state index is -1.99. The third-order valence-corrected chi connectivity index (χ3v) is 12.5. The first kappa shape index (κ1) is 27.4. The maximum atomic E-state index is 15.6. The average Bonchev–Trinajstić information content (AvgIpc) is 3.15. The van der Waals surface area contributed by atoms with Crippen molar-refractivity contribution < 1.29 is 18.7 Å². The molecule has 1 atom stereocenters. The highest BCUT2D eigenvalue weighted by atomic mass is 28.4. The van der Waals surface area contributed by atoms with Gasteiger partial charge in [-0.2, -0.15) is 0 Å². The summed E-state index contributed by atoms with van der Waals surface area (Å²) in [5.41, 5.74) is 4.01. The number of benzene rings is 3. The summed E-state index contributed by atoms with van der Waals surface area (Å²) in [6, 6.07) is 17.3. The van der Waals surface area contributed by atoms with Crippen molar-refractivity contribution in [3.8, 4) is 11.5 Å². The van der Waals surface area contributed by atoms with Crippen molar-refractivity contribution in [2.75, 3.05) is 0 Å². The highest BCUT2D eigenvalue weighted by molar-refractivity contribution is 6.74. The summed E-state index contributed by atoms with van der Waals surface area (Å²) >= 11 is 0. The van der Waals surface area contributed by atoms with Crippen LogP contribution in [0.4, 0.5) is 4.39 Å². The van der Waals surface area contributed by atoms with E-state index in [-0.39, 0.29) is 16.7 Å². The van der Waals surface area contributed by atoms with E-state index in [1.54, 1.807) is 0 Å². The summed E-state index contributed by atoms with van der Waals surface area (Å²) in [7, 11) is -1.99. The second-order valence-electron chi connectivity index (χ2n) is 12.3. The Kier molecular flexibility index (Phi) is 7.35. The van der Waals surface area contributed by atoms with E-state index in [9.17, 15) is 5.11 Å². The fourth-order valence-electron chi connectivity index (χ4n) is 5.01. The van der Waals surface area contributed by atoms with Gasteiger partial charge in [0.2, 0.25) is 8.32 Å². The maximum Gasteiger partial charge on any atom is 0.250 e. The first-order valence-corrected chi connectivity index (χ1v) is 16.2. The Labute approximate surface area is 222 Å². The molecule has 0 amide bonds. The lowest BCUT2D eigenvalue weighted by atomic mass is 9.83. The van der Waals surface area contributed by atoms with E-state index >= 15 is 4.39 Å². The SMILES string of the molecule is Cc1cc(O[Si](C)(C)C(C)(C)C)cc2c1C(O)(c1cc(F)c(OCc3ccccc3)c(C(C)C)c1)CC2. The number of halogens is 1. The molecule has 5 heteroatoms. The highest BCUT2D eigenvalue weighted by Gasteiger charge is 2.43. The van der Waals surface area contributed by atoms with Crippen molar-refractivity contribution in [3.63, 3.8) is 0 Å². The van der Waals surface area contributed by atoms with Gasteiger partial charge in [0, 0.05) is 5.56 Å². The Bertz CT molecular complexity index is 1280. The smallest absolute Gasteiger partial charge is 0.250 e. The van der Waals surface area contributed by atoms with Gasteiger partial charge in [0.1, 0.15) is 18.0 Å². The zero-order valence-electron chi connectivity index (χ0n) is 23.5. The molecule has 3 nitrogen and oxygen atoms in total. The summed E-state index contributed by atoms with van der Waals surface area (Å²) in [6.07, 6.45) is 1.22. The van der Waals surface area contributed by atoms with Crippen LogP contribution >= 0.6 is 0 Å². The number of rotatable bonds is 7. The van der Waals surface area contributed by atoms with Crippen LogP contribution in [0.2, 0.25) is 18.1 Å². The molecule has 1 N–H and O–H groups in total. The van der Waals surface area contributed by atoms with E-state index in [2.05, 4.69) is 39.9 Å². The van der Waals surface area contributed by atoms with Crippen molar-refractivity contribution in [3.05, 3.63) is 93.8 Å². The number of aliphatic hydroxyl groups is 1. The van der Waals surface area contributed by atoms with Crippen LogP contribution in [0.15, 0.2) is 54.6 Å². The molecule has 0 aliphatic heterocycles. The molecule has 1 aliphatic carbocycles. The van der Waals surface area contributed by atoms with E-state index in [0.29, 0.717) is 25.0 Å². The predicted octanol–water partition coefficient (Wildman–Crippen LogP) is 8.40. The third-order valence-electron chi connectivity index (χ3n) is 8.14. The first-order valence-electron chi connectivity index (χ1n) is 13.3. The van der Waals surface area contributed by atoms with E-state index in [1.807, 2.05) is 63.2 Å². The summed E-state index contributed by atoms with van der Waals surface area (Å²) in [6.45, 7) is 17.5. The number of hydrogen-bond acceptors (Lipinski definition) is 3. The molecule has 4 rings (SSSR count). The maximum absolute atomic E-state index is 15.6. The zero-order valence-corrected chi connectivity index (χ0v) is 24.5. The Morgan fingerprint density at radius 2 is 1.73 bits per heavy atom. The molecule has 0 saturated carbocycles. The number of aryl methyl sites for hydroxylation is 2. The van der Waals surface area contributed by atoms with Gasteiger partial charge in [-0.15, -0.1) is 0 Å². The molecule has 37 heavy (non-hydrogen) atoms. The van der Waals surface area contributed by atoms with Gasteiger partial charge in [-0.05, 0) is 95.9 Å². The molecule has 0 spiro atoms. The summed E-state index contributed by atoms with van der Waals surface area (Å²) < 4.78 is 28.1. The van der Waals surface area contributed by atoms with Crippen LogP contribution in [-0.2, 0) is 18.6 Å². The fraction of sp³-hybridized carbons (Fsp3) is 0.438. The molecule has 0 saturated heterocycles. The van der Waals surface area contributed by atoms with E-state index in [1.165, 1.54) is 6.07 Å². The molecule has 1 aliphatic rings. The number of hydrogen-bond donors (Lipinski definition) is 1. The molecule has 0 heterocycles. The third kappa shape index (κ3) is 5.35. The molecule has 198 valence electrons.